The molecule has 5 rings (SSSR count). The van der Waals surface area contributed by atoms with E-state index in [0.29, 0.717) is 11.4 Å². The average Bonchev–Trinajstić information content (AvgIpc) is 3.56. The SMILES string of the molecule is Cc1cccnc1-n1ccnc1SCc1nccc(SCCCSc2ccc3ncc([N+](=O)[O-])n3n2)c1C. The minimum Gasteiger partial charge on any atom is -0.358 e. The van der Waals surface area contributed by atoms with E-state index in [1.165, 1.54) is 21.2 Å². The maximum absolute atomic E-state index is 11.1. The van der Waals surface area contributed by atoms with Gasteiger partial charge in [0.05, 0.1) is 5.69 Å². The first kappa shape index (κ1) is 26.2. The summed E-state index contributed by atoms with van der Waals surface area (Å²) in [5.74, 6) is 3.28. The van der Waals surface area contributed by atoms with Gasteiger partial charge in [-0.25, -0.2) is 15.0 Å². The second-order valence-electron chi connectivity index (χ2n) is 8.26. The summed E-state index contributed by atoms with van der Waals surface area (Å²) >= 11 is 5.04. The molecule has 0 saturated heterocycles. The molecule has 0 unspecified atom stereocenters. The van der Waals surface area contributed by atoms with Crippen LogP contribution in [0.5, 0.6) is 0 Å². The molecule has 5 aromatic heterocycles. The molecule has 0 aliphatic heterocycles. The summed E-state index contributed by atoms with van der Waals surface area (Å²) in [5.41, 5.74) is 3.79. The number of imidazole rings is 2. The largest absolute Gasteiger partial charge is 0.368 e. The Balaban J connectivity index is 1.14. The predicted molar refractivity (Wildman–Crippen MR) is 150 cm³/mol. The van der Waals surface area contributed by atoms with Crippen LogP contribution in [0, 0.1) is 24.0 Å². The smallest absolute Gasteiger partial charge is 0.358 e. The molecule has 0 aliphatic carbocycles. The number of nitrogens with zero attached hydrogens (tertiary/aromatic N) is 8. The lowest BCUT2D eigenvalue weighted by molar-refractivity contribution is -0.391. The van der Waals surface area contributed by atoms with E-state index >= 15 is 0 Å². The summed E-state index contributed by atoms with van der Waals surface area (Å²) in [6, 6.07) is 9.64. The van der Waals surface area contributed by atoms with Crippen molar-refractivity contribution >= 4 is 46.8 Å². The summed E-state index contributed by atoms with van der Waals surface area (Å²) < 4.78 is 3.30. The van der Waals surface area contributed by atoms with E-state index < -0.39 is 4.92 Å². The number of rotatable bonds is 11. The van der Waals surface area contributed by atoms with Gasteiger partial charge in [-0.15, -0.1) is 23.5 Å². The molecule has 5 aromatic rings. The molecule has 194 valence electrons. The number of thioether (sulfide) groups is 3. The van der Waals surface area contributed by atoms with Crippen LogP contribution < -0.4 is 0 Å². The third-order valence-electron chi connectivity index (χ3n) is 5.72. The first-order valence-corrected chi connectivity index (χ1v) is 14.7. The van der Waals surface area contributed by atoms with Crippen molar-refractivity contribution in [3.63, 3.8) is 0 Å². The molecule has 10 nitrogen and oxygen atoms in total. The molecule has 0 saturated carbocycles. The molecule has 0 radical (unpaired) electrons. The molecular formula is C25H24N8O2S3. The Kier molecular flexibility index (Phi) is 8.25. The molecular weight excluding hydrogens is 541 g/mol. The van der Waals surface area contributed by atoms with Gasteiger partial charge in [0.25, 0.3) is 0 Å². The first-order chi connectivity index (χ1) is 18.5. The molecule has 0 aliphatic rings. The van der Waals surface area contributed by atoms with Gasteiger partial charge in [0, 0.05) is 47.3 Å². The molecule has 0 aromatic carbocycles. The van der Waals surface area contributed by atoms with E-state index in [-0.39, 0.29) is 5.82 Å². The van der Waals surface area contributed by atoms with Gasteiger partial charge in [-0.1, -0.05) is 27.4 Å². The van der Waals surface area contributed by atoms with Gasteiger partial charge in [-0.2, -0.15) is 0 Å². The number of nitro groups is 1. The van der Waals surface area contributed by atoms with E-state index in [1.54, 1.807) is 42.0 Å². The average molecular weight is 565 g/mol. The number of pyridine rings is 2. The normalized spacial score (nSPS) is 11.3. The van der Waals surface area contributed by atoms with E-state index in [0.717, 1.165) is 45.2 Å². The monoisotopic (exact) mass is 564 g/mol. The topological polar surface area (TPSA) is 117 Å². The van der Waals surface area contributed by atoms with Crippen LogP contribution in [0.4, 0.5) is 5.82 Å². The van der Waals surface area contributed by atoms with E-state index in [9.17, 15) is 10.1 Å². The Bertz CT molecular complexity index is 1590. The third-order valence-corrected chi connectivity index (χ3v) is 8.95. The second-order valence-corrected chi connectivity index (χ2v) is 11.5. The molecule has 5 heterocycles. The zero-order valence-corrected chi connectivity index (χ0v) is 23.2. The van der Waals surface area contributed by atoms with Crippen LogP contribution in [-0.4, -0.2) is 50.5 Å². The molecule has 0 amide bonds. The highest BCUT2D eigenvalue weighted by molar-refractivity contribution is 8.00. The van der Waals surface area contributed by atoms with Crippen molar-refractivity contribution in [2.45, 2.75) is 41.1 Å². The van der Waals surface area contributed by atoms with Gasteiger partial charge < -0.3 is 10.1 Å². The third kappa shape index (κ3) is 5.84. The Morgan fingerprint density at radius 3 is 2.66 bits per heavy atom. The van der Waals surface area contributed by atoms with Gasteiger partial charge in [-0.05, 0) is 60.3 Å². The van der Waals surface area contributed by atoms with Crippen LogP contribution in [0.15, 0.2) is 76.4 Å². The summed E-state index contributed by atoms with van der Waals surface area (Å²) in [6.07, 6.45) is 9.59. The highest BCUT2D eigenvalue weighted by atomic mass is 32.2. The molecule has 0 atom stereocenters. The summed E-state index contributed by atoms with van der Waals surface area (Å²) in [5, 5.41) is 17.1. The maximum Gasteiger partial charge on any atom is 0.368 e. The van der Waals surface area contributed by atoms with Crippen LogP contribution in [0.2, 0.25) is 0 Å². The minimum absolute atomic E-state index is 0.129. The maximum atomic E-state index is 11.1. The lowest BCUT2D eigenvalue weighted by Crippen LogP contribution is -2.01. The first-order valence-electron chi connectivity index (χ1n) is 11.8. The van der Waals surface area contributed by atoms with Crippen LogP contribution in [0.1, 0.15) is 23.2 Å². The van der Waals surface area contributed by atoms with Crippen molar-refractivity contribution in [2.75, 3.05) is 11.5 Å². The molecule has 0 N–H and O–H groups in total. The standard InChI is InChI=1S/C25H24N8O2S3/c1-17-5-3-9-27-24(17)31-12-11-28-25(31)38-16-19-18(2)20(8-10-26-19)36-13-4-14-37-22-7-6-21-29-15-23(33(34)35)32(21)30-22/h3,5-12,15H,4,13-14,16H2,1-2H3. The number of aromatic nitrogens is 7. The van der Waals surface area contributed by atoms with Crippen molar-refractivity contribution in [1.29, 1.82) is 0 Å². The quantitative estimate of drug-likeness (QED) is 0.0843. The fourth-order valence-corrected chi connectivity index (χ4v) is 6.71. The summed E-state index contributed by atoms with van der Waals surface area (Å²) in [7, 11) is 0. The number of fused-ring (bicyclic) bond motifs is 1. The van der Waals surface area contributed by atoms with E-state index in [4.69, 9.17) is 0 Å². The fourth-order valence-electron chi connectivity index (χ4n) is 3.74. The zero-order valence-electron chi connectivity index (χ0n) is 20.7. The van der Waals surface area contributed by atoms with E-state index in [1.807, 2.05) is 53.8 Å². The number of hydrogen-bond acceptors (Lipinski definition) is 10. The summed E-state index contributed by atoms with van der Waals surface area (Å²) in [4.78, 5) is 29.6. The highest BCUT2D eigenvalue weighted by Gasteiger charge is 2.16. The van der Waals surface area contributed by atoms with Crippen molar-refractivity contribution in [2.24, 2.45) is 0 Å². The predicted octanol–water partition coefficient (Wildman–Crippen LogP) is 5.80. The number of aryl methyl sites for hydroxylation is 1. The zero-order chi connectivity index (χ0) is 26.5. The highest BCUT2D eigenvalue weighted by Crippen LogP contribution is 2.30. The van der Waals surface area contributed by atoms with Crippen LogP contribution in [-0.2, 0) is 5.75 Å². The van der Waals surface area contributed by atoms with Crippen molar-refractivity contribution in [1.82, 2.24) is 34.1 Å². The molecule has 0 bridgehead atoms. The fraction of sp³-hybridized carbons (Fsp3) is 0.240. The molecule has 13 heteroatoms. The van der Waals surface area contributed by atoms with Crippen LogP contribution in [0.3, 0.4) is 0 Å². The van der Waals surface area contributed by atoms with Crippen molar-refractivity contribution in [3.8, 4) is 5.82 Å². The minimum atomic E-state index is -0.475. The van der Waals surface area contributed by atoms with Crippen molar-refractivity contribution < 1.29 is 4.92 Å². The second kappa shape index (κ2) is 12.0. The van der Waals surface area contributed by atoms with Gasteiger partial charge in [-0.3, -0.25) is 9.55 Å². The van der Waals surface area contributed by atoms with Gasteiger partial charge >= 0.3 is 5.82 Å². The van der Waals surface area contributed by atoms with Crippen molar-refractivity contribution in [3.05, 3.63) is 88.3 Å². The molecule has 0 fully saturated rings. The lowest BCUT2D eigenvalue weighted by atomic mass is 10.2. The number of hydrogen-bond donors (Lipinski definition) is 0. The summed E-state index contributed by atoms with van der Waals surface area (Å²) in [6.45, 7) is 4.16. The molecule has 0 spiro atoms. The van der Waals surface area contributed by atoms with Crippen LogP contribution >= 0.6 is 35.3 Å². The Morgan fingerprint density at radius 2 is 1.82 bits per heavy atom. The van der Waals surface area contributed by atoms with Gasteiger partial charge in [0.15, 0.2) is 5.16 Å². The van der Waals surface area contributed by atoms with Crippen LogP contribution in [0.25, 0.3) is 11.5 Å². The Hall–Kier alpha value is -3.42. The van der Waals surface area contributed by atoms with E-state index in [2.05, 4.69) is 38.0 Å². The van der Waals surface area contributed by atoms with Gasteiger partial charge in [0.1, 0.15) is 17.0 Å². The Labute approximate surface area is 231 Å². The van der Waals surface area contributed by atoms with Gasteiger partial charge in [0.2, 0.25) is 5.65 Å². The Morgan fingerprint density at radius 1 is 0.947 bits per heavy atom. The lowest BCUT2D eigenvalue weighted by Gasteiger charge is -2.11. The molecule has 38 heavy (non-hydrogen) atoms.